The lowest BCUT2D eigenvalue weighted by molar-refractivity contribution is 0.485. The minimum atomic E-state index is -4.30. The molecular weight excluding hydrogens is 457 g/mol. The van der Waals surface area contributed by atoms with E-state index in [1.807, 2.05) is 25.1 Å². The summed E-state index contributed by atoms with van der Waals surface area (Å²) in [5, 5.41) is 0.246. The molecule has 0 radical (unpaired) electrons. The van der Waals surface area contributed by atoms with Gasteiger partial charge in [-0.2, -0.15) is 8.42 Å². The standard InChI is InChI=1S/C20H12Cl3NO4S/c1-11-5-8-15-17(9-11)27-20(24-15)13-7-6-12(21)10-16(13)28-29(25,26)18-4-2-3-14(22)19(18)23/h2-10H,1H3. The van der Waals surface area contributed by atoms with Gasteiger partial charge in [0.25, 0.3) is 0 Å². The maximum atomic E-state index is 12.8. The van der Waals surface area contributed by atoms with Crippen molar-refractivity contribution in [3.63, 3.8) is 0 Å². The molecule has 0 spiro atoms. The first-order valence-corrected chi connectivity index (χ1v) is 10.8. The third-order valence-electron chi connectivity index (χ3n) is 4.10. The Morgan fingerprint density at radius 1 is 1.00 bits per heavy atom. The van der Waals surface area contributed by atoms with Crippen LogP contribution in [0.3, 0.4) is 0 Å². The average molecular weight is 469 g/mol. The molecule has 0 saturated carbocycles. The van der Waals surface area contributed by atoms with Crippen molar-refractivity contribution < 1.29 is 17.0 Å². The van der Waals surface area contributed by atoms with Gasteiger partial charge in [0.15, 0.2) is 11.3 Å². The summed E-state index contributed by atoms with van der Waals surface area (Å²) >= 11 is 18.0. The fraction of sp³-hybridized carbons (Fsp3) is 0.0500. The first kappa shape index (κ1) is 20.0. The van der Waals surface area contributed by atoms with Crippen LogP contribution in [0.25, 0.3) is 22.6 Å². The van der Waals surface area contributed by atoms with Crippen LogP contribution in [0.4, 0.5) is 0 Å². The monoisotopic (exact) mass is 467 g/mol. The number of oxazole rings is 1. The summed E-state index contributed by atoms with van der Waals surface area (Å²) in [4.78, 5) is 4.16. The van der Waals surface area contributed by atoms with E-state index in [0.29, 0.717) is 16.7 Å². The summed E-state index contributed by atoms with van der Waals surface area (Å²) in [7, 11) is -4.30. The zero-order valence-electron chi connectivity index (χ0n) is 14.8. The van der Waals surface area contributed by atoms with Gasteiger partial charge in [-0.1, -0.05) is 46.9 Å². The van der Waals surface area contributed by atoms with Crippen LogP contribution >= 0.6 is 34.8 Å². The van der Waals surface area contributed by atoms with Gasteiger partial charge in [0, 0.05) is 11.1 Å². The van der Waals surface area contributed by atoms with Crippen LogP contribution in [0.1, 0.15) is 5.56 Å². The number of fused-ring (bicyclic) bond motifs is 1. The quantitative estimate of drug-likeness (QED) is 0.318. The van der Waals surface area contributed by atoms with Gasteiger partial charge in [0.1, 0.15) is 10.4 Å². The third kappa shape index (κ3) is 3.94. The highest BCUT2D eigenvalue weighted by Gasteiger charge is 2.25. The van der Waals surface area contributed by atoms with Gasteiger partial charge in [-0.15, -0.1) is 0 Å². The van der Waals surface area contributed by atoms with Crippen molar-refractivity contribution in [1.82, 2.24) is 4.98 Å². The molecule has 1 heterocycles. The molecular formula is C20H12Cl3NO4S. The smallest absolute Gasteiger partial charge is 0.340 e. The molecule has 0 aliphatic heterocycles. The summed E-state index contributed by atoms with van der Waals surface area (Å²) in [5.74, 6) is 0.154. The van der Waals surface area contributed by atoms with Crippen LogP contribution in [0.2, 0.25) is 15.1 Å². The van der Waals surface area contributed by atoms with Gasteiger partial charge in [0.05, 0.1) is 15.6 Å². The highest BCUT2D eigenvalue weighted by molar-refractivity contribution is 7.87. The molecule has 5 nitrogen and oxygen atoms in total. The number of aryl methyl sites for hydroxylation is 1. The van der Waals surface area contributed by atoms with Crippen LogP contribution in [0.15, 0.2) is 63.9 Å². The first-order chi connectivity index (χ1) is 13.7. The molecule has 0 unspecified atom stereocenters. The number of halogens is 3. The Kier molecular flexibility index (Phi) is 5.21. The number of aromatic nitrogens is 1. The minimum absolute atomic E-state index is 0.0446. The molecule has 9 heteroatoms. The van der Waals surface area contributed by atoms with Crippen LogP contribution in [0.5, 0.6) is 5.75 Å². The second-order valence-electron chi connectivity index (χ2n) is 6.22. The lowest BCUT2D eigenvalue weighted by atomic mass is 10.2. The Labute approximate surface area is 181 Å². The molecule has 0 fully saturated rings. The SMILES string of the molecule is Cc1ccc2nc(-c3ccc(Cl)cc3OS(=O)(=O)c3cccc(Cl)c3Cl)oc2c1. The second kappa shape index (κ2) is 7.54. The van der Waals surface area contributed by atoms with Crippen LogP contribution in [-0.4, -0.2) is 13.4 Å². The van der Waals surface area contributed by atoms with Crippen molar-refractivity contribution in [2.24, 2.45) is 0 Å². The Bertz CT molecular complexity index is 1350. The molecule has 4 rings (SSSR count). The van der Waals surface area contributed by atoms with Crippen molar-refractivity contribution in [2.45, 2.75) is 11.8 Å². The Hall–Kier alpha value is -2.25. The number of hydrogen-bond acceptors (Lipinski definition) is 5. The molecule has 0 atom stereocenters. The van der Waals surface area contributed by atoms with E-state index in [4.69, 9.17) is 43.4 Å². The van der Waals surface area contributed by atoms with Crippen molar-refractivity contribution in [1.29, 1.82) is 0 Å². The number of hydrogen-bond donors (Lipinski definition) is 0. The summed E-state index contributed by atoms with van der Waals surface area (Å²) in [6.07, 6.45) is 0. The summed E-state index contributed by atoms with van der Waals surface area (Å²) in [5.41, 5.74) is 2.53. The number of rotatable bonds is 4. The van der Waals surface area contributed by atoms with E-state index in [1.165, 1.54) is 24.3 Å². The van der Waals surface area contributed by atoms with Gasteiger partial charge >= 0.3 is 10.1 Å². The molecule has 0 amide bonds. The molecule has 1 aromatic heterocycles. The Morgan fingerprint density at radius 2 is 1.79 bits per heavy atom. The van der Waals surface area contributed by atoms with E-state index in [1.54, 1.807) is 12.1 Å². The lowest BCUT2D eigenvalue weighted by Crippen LogP contribution is -2.11. The summed E-state index contributed by atoms with van der Waals surface area (Å²) in [6.45, 7) is 1.93. The van der Waals surface area contributed by atoms with Gasteiger partial charge in [-0.3, -0.25) is 0 Å². The molecule has 0 aliphatic rings. The maximum absolute atomic E-state index is 12.8. The lowest BCUT2D eigenvalue weighted by Gasteiger charge is -2.11. The number of nitrogens with zero attached hydrogens (tertiary/aromatic N) is 1. The largest absolute Gasteiger partial charge is 0.436 e. The third-order valence-corrected chi connectivity index (χ3v) is 6.55. The summed E-state index contributed by atoms with van der Waals surface area (Å²) in [6, 6.07) is 14.3. The zero-order valence-corrected chi connectivity index (χ0v) is 17.9. The van der Waals surface area contributed by atoms with E-state index in [9.17, 15) is 8.42 Å². The van der Waals surface area contributed by atoms with Crippen molar-refractivity contribution in [3.8, 4) is 17.2 Å². The highest BCUT2D eigenvalue weighted by atomic mass is 35.5. The predicted molar refractivity (Wildman–Crippen MR) is 113 cm³/mol. The highest BCUT2D eigenvalue weighted by Crippen LogP contribution is 2.37. The average Bonchev–Trinajstić information content (AvgIpc) is 3.06. The molecule has 4 aromatic rings. The molecule has 0 saturated heterocycles. The van der Waals surface area contributed by atoms with Gasteiger partial charge in [0.2, 0.25) is 5.89 Å². The molecule has 3 aromatic carbocycles. The minimum Gasteiger partial charge on any atom is -0.436 e. The zero-order chi connectivity index (χ0) is 20.8. The molecule has 0 aliphatic carbocycles. The van der Waals surface area contributed by atoms with E-state index < -0.39 is 10.1 Å². The Morgan fingerprint density at radius 3 is 2.59 bits per heavy atom. The topological polar surface area (TPSA) is 69.4 Å². The molecule has 29 heavy (non-hydrogen) atoms. The van der Waals surface area contributed by atoms with Crippen molar-refractivity contribution >= 4 is 56.0 Å². The maximum Gasteiger partial charge on any atom is 0.340 e. The Balaban J connectivity index is 1.82. The van der Waals surface area contributed by atoms with Gasteiger partial charge < -0.3 is 8.60 Å². The normalized spacial score (nSPS) is 11.7. The van der Waals surface area contributed by atoms with Crippen LogP contribution in [-0.2, 0) is 10.1 Å². The van der Waals surface area contributed by atoms with E-state index in [0.717, 1.165) is 5.56 Å². The second-order valence-corrected chi connectivity index (χ2v) is 8.96. The van der Waals surface area contributed by atoms with Crippen molar-refractivity contribution in [2.75, 3.05) is 0 Å². The molecule has 148 valence electrons. The molecule has 0 N–H and O–H groups in total. The van der Waals surface area contributed by atoms with Gasteiger partial charge in [-0.05, 0) is 48.9 Å². The van der Waals surface area contributed by atoms with Crippen LogP contribution < -0.4 is 4.18 Å². The van der Waals surface area contributed by atoms with Crippen molar-refractivity contribution in [3.05, 3.63) is 75.2 Å². The van der Waals surface area contributed by atoms with E-state index >= 15 is 0 Å². The van der Waals surface area contributed by atoms with Gasteiger partial charge in [-0.25, -0.2) is 4.98 Å². The fourth-order valence-electron chi connectivity index (χ4n) is 2.73. The number of benzene rings is 3. The summed E-state index contributed by atoms with van der Waals surface area (Å²) < 4.78 is 36.8. The van der Waals surface area contributed by atoms with E-state index in [-0.39, 0.29) is 31.6 Å². The van der Waals surface area contributed by atoms with E-state index in [2.05, 4.69) is 4.98 Å². The molecule has 0 bridgehead atoms. The first-order valence-electron chi connectivity index (χ1n) is 8.30. The predicted octanol–water partition coefficient (Wildman–Crippen LogP) is 6.53. The van der Waals surface area contributed by atoms with Crippen LogP contribution in [0, 0.1) is 6.92 Å². The fourth-order valence-corrected chi connectivity index (χ4v) is 4.57.